The van der Waals surface area contributed by atoms with Crippen molar-refractivity contribution in [3.8, 4) is 11.3 Å². The number of hydrogen-bond donors (Lipinski definition) is 0. The van der Waals surface area contributed by atoms with Crippen molar-refractivity contribution in [2.75, 3.05) is 26.3 Å². The number of nitrogens with zero attached hydrogens (tertiary/aromatic N) is 3. The lowest BCUT2D eigenvalue weighted by molar-refractivity contribution is 0.0250. The van der Waals surface area contributed by atoms with Crippen LogP contribution in [-0.4, -0.2) is 47.4 Å². The maximum absolute atomic E-state index is 5.50. The van der Waals surface area contributed by atoms with Gasteiger partial charge in [0.05, 0.1) is 17.0 Å². The fraction of sp³-hybridized carbons (Fsp3) is 0.600. The van der Waals surface area contributed by atoms with Crippen molar-refractivity contribution in [2.24, 2.45) is 0 Å². The zero-order chi connectivity index (χ0) is 17.2. The number of ether oxygens (including phenoxy) is 1. The van der Waals surface area contributed by atoms with Crippen molar-refractivity contribution in [3.05, 3.63) is 35.3 Å². The van der Waals surface area contributed by atoms with Crippen LogP contribution in [0.5, 0.6) is 0 Å². The van der Waals surface area contributed by atoms with E-state index < -0.39 is 0 Å². The molecule has 0 radical (unpaired) electrons. The van der Waals surface area contributed by atoms with E-state index in [1.807, 2.05) is 13.8 Å². The molecule has 4 heterocycles. The van der Waals surface area contributed by atoms with E-state index in [0.29, 0.717) is 5.92 Å². The fourth-order valence-corrected chi connectivity index (χ4v) is 4.28. The molecule has 0 aromatic carbocycles. The van der Waals surface area contributed by atoms with Gasteiger partial charge in [-0.05, 0) is 64.8 Å². The number of rotatable bonds is 3. The minimum Gasteiger partial charge on any atom is -0.381 e. The van der Waals surface area contributed by atoms with Crippen LogP contribution in [0.15, 0.2) is 22.7 Å². The van der Waals surface area contributed by atoms with Crippen LogP contribution >= 0.6 is 0 Å². The summed E-state index contributed by atoms with van der Waals surface area (Å²) in [6.45, 7) is 8.12. The lowest BCUT2D eigenvalue weighted by Crippen LogP contribution is -2.43. The maximum atomic E-state index is 5.50. The lowest BCUT2D eigenvalue weighted by Gasteiger charge is -2.39. The Morgan fingerprint density at radius 1 is 1.04 bits per heavy atom. The third-order valence-electron chi connectivity index (χ3n) is 5.72. The van der Waals surface area contributed by atoms with Crippen LogP contribution in [0.25, 0.3) is 11.3 Å². The Labute approximate surface area is 149 Å². The standard InChI is InChI=1S/C20H27N3O2/c1-14-20(15(2)25-22-14)19-5-3-4-18(21-19)16-6-10-23(11-7-16)17-8-12-24-13-9-17/h3-5,16-17H,6-13H2,1-2H3. The SMILES string of the molecule is Cc1noc(C)c1-c1cccc(C2CCN(C3CCOCC3)CC2)n1. The number of aromatic nitrogens is 2. The van der Waals surface area contributed by atoms with Crippen molar-refractivity contribution in [3.63, 3.8) is 0 Å². The highest BCUT2D eigenvalue weighted by atomic mass is 16.5. The highest BCUT2D eigenvalue weighted by Gasteiger charge is 2.28. The summed E-state index contributed by atoms with van der Waals surface area (Å²) in [5.41, 5.74) is 4.16. The second-order valence-corrected chi connectivity index (χ2v) is 7.30. The summed E-state index contributed by atoms with van der Waals surface area (Å²) < 4.78 is 10.8. The van der Waals surface area contributed by atoms with Gasteiger partial charge in [-0.3, -0.25) is 4.98 Å². The summed E-state index contributed by atoms with van der Waals surface area (Å²) in [5, 5.41) is 4.06. The van der Waals surface area contributed by atoms with Gasteiger partial charge < -0.3 is 14.2 Å². The molecule has 0 bridgehead atoms. The van der Waals surface area contributed by atoms with Crippen LogP contribution in [0.3, 0.4) is 0 Å². The quantitative estimate of drug-likeness (QED) is 0.852. The maximum Gasteiger partial charge on any atom is 0.143 e. The van der Waals surface area contributed by atoms with Gasteiger partial charge in [0, 0.05) is 30.9 Å². The Balaban J connectivity index is 1.46. The molecule has 5 nitrogen and oxygen atoms in total. The zero-order valence-electron chi connectivity index (χ0n) is 15.2. The molecule has 2 aromatic rings. The predicted octanol–water partition coefficient (Wildman–Crippen LogP) is 3.71. The van der Waals surface area contributed by atoms with Crippen molar-refractivity contribution < 1.29 is 9.26 Å². The van der Waals surface area contributed by atoms with Crippen molar-refractivity contribution in [1.82, 2.24) is 15.0 Å². The second-order valence-electron chi connectivity index (χ2n) is 7.30. The summed E-state index contributed by atoms with van der Waals surface area (Å²) >= 11 is 0. The Morgan fingerprint density at radius 2 is 1.80 bits per heavy atom. The summed E-state index contributed by atoms with van der Waals surface area (Å²) in [6.07, 6.45) is 4.75. The highest BCUT2D eigenvalue weighted by Crippen LogP contribution is 2.32. The minimum atomic E-state index is 0.552. The fourth-order valence-electron chi connectivity index (χ4n) is 4.28. The van der Waals surface area contributed by atoms with E-state index in [2.05, 4.69) is 28.3 Å². The van der Waals surface area contributed by atoms with Gasteiger partial charge in [-0.15, -0.1) is 0 Å². The first-order valence-electron chi connectivity index (χ1n) is 9.44. The summed E-state index contributed by atoms with van der Waals surface area (Å²) in [4.78, 5) is 7.62. The molecule has 5 heteroatoms. The van der Waals surface area contributed by atoms with Gasteiger partial charge in [0.1, 0.15) is 5.76 Å². The number of likely N-dealkylation sites (tertiary alicyclic amines) is 1. The lowest BCUT2D eigenvalue weighted by atomic mass is 9.91. The minimum absolute atomic E-state index is 0.552. The monoisotopic (exact) mass is 341 g/mol. The number of pyridine rings is 1. The molecule has 2 aromatic heterocycles. The molecule has 0 N–H and O–H groups in total. The van der Waals surface area contributed by atoms with Gasteiger partial charge in [0.2, 0.25) is 0 Å². The topological polar surface area (TPSA) is 51.4 Å². The van der Waals surface area contributed by atoms with Crippen molar-refractivity contribution in [1.29, 1.82) is 0 Å². The molecule has 0 unspecified atom stereocenters. The van der Waals surface area contributed by atoms with Gasteiger partial charge in [0.15, 0.2) is 0 Å². The van der Waals surface area contributed by atoms with Crippen LogP contribution < -0.4 is 0 Å². The number of hydrogen-bond acceptors (Lipinski definition) is 5. The molecule has 0 saturated carbocycles. The van der Waals surface area contributed by atoms with Crippen LogP contribution in [0.1, 0.15) is 48.7 Å². The normalized spacial score (nSPS) is 20.9. The van der Waals surface area contributed by atoms with E-state index in [1.54, 1.807) is 0 Å². The van der Waals surface area contributed by atoms with E-state index in [-0.39, 0.29) is 0 Å². The highest BCUT2D eigenvalue weighted by molar-refractivity contribution is 5.63. The van der Waals surface area contributed by atoms with Crippen LogP contribution in [0, 0.1) is 13.8 Å². The number of piperidine rings is 1. The molecule has 25 heavy (non-hydrogen) atoms. The first-order chi connectivity index (χ1) is 12.2. The van der Waals surface area contributed by atoms with Gasteiger partial charge in [-0.1, -0.05) is 11.2 Å². The Hall–Kier alpha value is -1.72. The molecule has 2 aliphatic heterocycles. The third kappa shape index (κ3) is 3.48. The van der Waals surface area contributed by atoms with Gasteiger partial charge in [-0.2, -0.15) is 0 Å². The van der Waals surface area contributed by atoms with Gasteiger partial charge in [0.25, 0.3) is 0 Å². The van der Waals surface area contributed by atoms with E-state index in [9.17, 15) is 0 Å². The smallest absolute Gasteiger partial charge is 0.143 e. The van der Waals surface area contributed by atoms with Gasteiger partial charge in [-0.25, -0.2) is 0 Å². The molecule has 2 saturated heterocycles. The van der Waals surface area contributed by atoms with Crippen LogP contribution in [0.2, 0.25) is 0 Å². The molecule has 4 rings (SSSR count). The Kier molecular flexibility index (Phi) is 4.86. The van der Waals surface area contributed by atoms with E-state index in [0.717, 1.165) is 42.0 Å². The molecule has 0 spiro atoms. The zero-order valence-corrected chi connectivity index (χ0v) is 15.2. The molecule has 2 fully saturated rings. The van der Waals surface area contributed by atoms with Crippen LogP contribution in [-0.2, 0) is 4.74 Å². The summed E-state index contributed by atoms with van der Waals surface area (Å²) in [5.74, 6) is 1.40. The Bertz CT molecular complexity index is 694. The average molecular weight is 341 g/mol. The second kappa shape index (κ2) is 7.26. The number of aryl methyl sites for hydroxylation is 2. The predicted molar refractivity (Wildman–Crippen MR) is 96.6 cm³/mol. The summed E-state index contributed by atoms with van der Waals surface area (Å²) in [7, 11) is 0. The van der Waals surface area contributed by atoms with Crippen molar-refractivity contribution in [2.45, 2.75) is 51.5 Å². The molecular formula is C20H27N3O2. The molecule has 0 aliphatic carbocycles. The molecule has 2 aliphatic rings. The third-order valence-corrected chi connectivity index (χ3v) is 5.72. The van der Waals surface area contributed by atoms with E-state index in [4.69, 9.17) is 14.2 Å². The Morgan fingerprint density at radius 3 is 2.48 bits per heavy atom. The molecule has 0 atom stereocenters. The first-order valence-corrected chi connectivity index (χ1v) is 9.44. The van der Waals surface area contributed by atoms with Crippen molar-refractivity contribution >= 4 is 0 Å². The molecule has 134 valence electrons. The van der Waals surface area contributed by atoms with Gasteiger partial charge >= 0.3 is 0 Å². The van der Waals surface area contributed by atoms with E-state index in [1.165, 1.54) is 44.5 Å². The average Bonchev–Trinajstić information content (AvgIpc) is 3.01. The first kappa shape index (κ1) is 16.7. The largest absolute Gasteiger partial charge is 0.381 e. The molecule has 0 amide bonds. The van der Waals surface area contributed by atoms with E-state index >= 15 is 0 Å². The molecular weight excluding hydrogens is 314 g/mol. The van der Waals surface area contributed by atoms with Crippen LogP contribution in [0.4, 0.5) is 0 Å². The summed E-state index contributed by atoms with van der Waals surface area (Å²) in [6, 6.07) is 7.08.